The third-order valence-corrected chi connectivity index (χ3v) is 2.19. The first kappa shape index (κ1) is 9.15. The Balaban J connectivity index is 2.63. The minimum absolute atomic E-state index is 0.627. The number of hydrogen-bond acceptors (Lipinski definition) is 3. The Morgan fingerprint density at radius 3 is 2.79 bits per heavy atom. The number of aliphatic hydroxyl groups is 1. The van der Waals surface area contributed by atoms with Crippen LogP contribution in [0.2, 0.25) is 0 Å². The summed E-state index contributed by atoms with van der Waals surface area (Å²) in [5.74, 6) is 0.627. The largest absolute Gasteiger partial charge is 0.384 e. The SMILES string of the molecule is Cc1cnc2nc(C(C)(C)O)ccn12. The first-order valence-corrected chi connectivity index (χ1v) is 4.52. The van der Waals surface area contributed by atoms with Crippen molar-refractivity contribution in [2.75, 3.05) is 0 Å². The lowest BCUT2D eigenvalue weighted by Gasteiger charge is -2.15. The average Bonchev–Trinajstić information content (AvgIpc) is 2.46. The van der Waals surface area contributed by atoms with Crippen molar-refractivity contribution in [2.45, 2.75) is 26.4 Å². The van der Waals surface area contributed by atoms with Gasteiger partial charge >= 0.3 is 0 Å². The van der Waals surface area contributed by atoms with Crippen LogP contribution in [-0.4, -0.2) is 19.5 Å². The highest BCUT2D eigenvalue weighted by atomic mass is 16.3. The molecule has 0 aliphatic heterocycles. The molecule has 74 valence electrons. The number of nitrogens with zero attached hydrogens (tertiary/aromatic N) is 3. The Bertz CT molecular complexity index is 468. The maximum atomic E-state index is 9.76. The normalized spacial score (nSPS) is 12.3. The number of rotatable bonds is 1. The molecule has 0 bridgehead atoms. The predicted molar refractivity (Wildman–Crippen MR) is 53.0 cm³/mol. The van der Waals surface area contributed by atoms with Gasteiger partial charge < -0.3 is 5.11 Å². The van der Waals surface area contributed by atoms with Gasteiger partial charge in [-0.25, -0.2) is 9.97 Å². The molecular formula is C10H13N3O. The van der Waals surface area contributed by atoms with E-state index in [0.29, 0.717) is 11.5 Å². The van der Waals surface area contributed by atoms with Crippen LogP contribution in [0.1, 0.15) is 25.2 Å². The molecule has 0 saturated carbocycles. The molecule has 14 heavy (non-hydrogen) atoms. The van der Waals surface area contributed by atoms with Crippen LogP contribution in [0.4, 0.5) is 0 Å². The van der Waals surface area contributed by atoms with Gasteiger partial charge in [-0.2, -0.15) is 0 Å². The fourth-order valence-electron chi connectivity index (χ4n) is 1.33. The smallest absolute Gasteiger partial charge is 0.234 e. The van der Waals surface area contributed by atoms with Crippen LogP contribution in [-0.2, 0) is 5.60 Å². The van der Waals surface area contributed by atoms with E-state index in [1.807, 2.05) is 23.6 Å². The van der Waals surface area contributed by atoms with Crippen molar-refractivity contribution in [2.24, 2.45) is 0 Å². The van der Waals surface area contributed by atoms with E-state index < -0.39 is 5.60 Å². The summed E-state index contributed by atoms with van der Waals surface area (Å²) in [5, 5.41) is 9.76. The zero-order valence-corrected chi connectivity index (χ0v) is 8.52. The second-order valence-corrected chi connectivity index (χ2v) is 3.94. The lowest BCUT2D eigenvalue weighted by molar-refractivity contribution is 0.0739. The van der Waals surface area contributed by atoms with Crippen LogP contribution >= 0.6 is 0 Å². The molecule has 0 aromatic carbocycles. The maximum absolute atomic E-state index is 9.76. The second kappa shape index (κ2) is 2.78. The van der Waals surface area contributed by atoms with Gasteiger partial charge in [0.15, 0.2) is 0 Å². The minimum Gasteiger partial charge on any atom is -0.384 e. The molecule has 0 spiro atoms. The molecule has 0 aliphatic rings. The first-order valence-electron chi connectivity index (χ1n) is 4.52. The van der Waals surface area contributed by atoms with Gasteiger partial charge in [0.1, 0.15) is 5.60 Å². The third-order valence-electron chi connectivity index (χ3n) is 2.19. The zero-order valence-electron chi connectivity index (χ0n) is 8.52. The van der Waals surface area contributed by atoms with Crippen LogP contribution in [0.3, 0.4) is 0 Å². The van der Waals surface area contributed by atoms with E-state index in [2.05, 4.69) is 9.97 Å². The minimum atomic E-state index is -0.915. The molecule has 0 unspecified atom stereocenters. The van der Waals surface area contributed by atoms with Gasteiger partial charge in [-0.15, -0.1) is 0 Å². The van der Waals surface area contributed by atoms with Gasteiger partial charge in [-0.3, -0.25) is 4.40 Å². The van der Waals surface area contributed by atoms with Crippen LogP contribution in [0.25, 0.3) is 5.78 Å². The van der Waals surface area contributed by atoms with Crippen LogP contribution in [0, 0.1) is 6.92 Å². The highest BCUT2D eigenvalue weighted by Gasteiger charge is 2.18. The van der Waals surface area contributed by atoms with E-state index in [1.54, 1.807) is 20.0 Å². The standard InChI is InChI=1S/C10H13N3O/c1-7-6-11-9-12-8(10(2,3)14)4-5-13(7)9/h4-6,14H,1-3H3. The Morgan fingerprint density at radius 1 is 1.43 bits per heavy atom. The summed E-state index contributed by atoms with van der Waals surface area (Å²) in [4.78, 5) is 8.40. The van der Waals surface area contributed by atoms with E-state index in [-0.39, 0.29) is 0 Å². The lowest BCUT2D eigenvalue weighted by atomic mass is 10.1. The topological polar surface area (TPSA) is 50.4 Å². The Labute approximate surface area is 82.2 Å². The molecule has 0 radical (unpaired) electrons. The van der Waals surface area contributed by atoms with Crippen molar-refractivity contribution in [3.05, 3.63) is 29.8 Å². The van der Waals surface area contributed by atoms with Gasteiger partial charge in [0.2, 0.25) is 5.78 Å². The fraction of sp³-hybridized carbons (Fsp3) is 0.400. The monoisotopic (exact) mass is 191 g/mol. The van der Waals surface area contributed by atoms with Crippen molar-refractivity contribution >= 4 is 5.78 Å². The summed E-state index contributed by atoms with van der Waals surface area (Å²) in [7, 11) is 0. The van der Waals surface area contributed by atoms with Crippen LogP contribution in [0.5, 0.6) is 0 Å². The maximum Gasteiger partial charge on any atom is 0.234 e. The third kappa shape index (κ3) is 1.37. The van der Waals surface area contributed by atoms with Crippen LogP contribution < -0.4 is 0 Å². The fourth-order valence-corrected chi connectivity index (χ4v) is 1.33. The van der Waals surface area contributed by atoms with Gasteiger partial charge in [-0.05, 0) is 26.8 Å². The van der Waals surface area contributed by atoms with E-state index in [1.165, 1.54) is 0 Å². The molecule has 2 aromatic rings. The molecule has 0 amide bonds. The Morgan fingerprint density at radius 2 is 2.14 bits per heavy atom. The molecule has 4 nitrogen and oxygen atoms in total. The molecule has 1 N–H and O–H groups in total. The Kier molecular flexibility index (Phi) is 1.82. The van der Waals surface area contributed by atoms with E-state index >= 15 is 0 Å². The van der Waals surface area contributed by atoms with E-state index in [0.717, 1.165) is 5.69 Å². The molecule has 2 rings (SSSR count). The molecule has 0 aliphatic carbocycles. The van der Waals surface area contributed by atoms with Gasteiger partial charge in [0.05, 0.1) is 11.9 Å². The molecule has 0 saturated heterocycles. The van der Waals surface area contributed by atoms with Crippen molar-refractivity contribution in [3.63, 3.8) is 0 Å². The number of hydrogen-bond donors (Lipinski definition) is 1. The summed E-state index contributed by atoms with van der Waals surface area (Å²) in [6, 6.07) is 1.81. The first-order chi connectivity index (χ1) is 6.48. The number of imidazole rings is 1. The van der Waals surface area contributed by atoms with Crippen molar-refractivity contribution < 1.29 is 5.11 Å². The summed E-state index contributed by atoms with van der Waals surface area (Å²) in [6.45, 7) is 5.38. The Hall–Kier alpha value is -1.42. The molecule has 2 aromatic heterocycles. The number of fused-ring (bicyclic) bond motifs is 1. The van der Waals surface area contributed by atoms with E-state index in [9.17, 15) is 5.11 Å². The molecule has 0 fully saturated rings. The second-order valence-electron chi connectivity index (χ2n) is 3.94. The molecule has 0 atom stereocenters. The van der Waals surface area contributed by atoms with Crippen molar-refractivity contribution in [1.29, 1.82) is 0 Å². The highest BCUT2D eigenvalue weighted by molar-refractivity contribution is 5.33. The number of aromatic nitrogens is 3. The van der Waals surface area contributed by atoms with Crippen LogP contribution in [0.15, 0.2) is 18.5 Å². The summed E-state index contributed by atoms with van der Waals surface area (Å²) >= 11 is 0. The lowest BCUT2D eigenvalue weighted by Crippen LogP contribution is -2.18. The van der Waals surface area contributed by atoms with E-state index in [4.69, 9.17) is 0 Å². The summed E-state index contributed by atoms with van der Waals surface area (Å²) < 4.78 is 1.88. The molecular weight excluding hydrogens is 178 g/mol. The molecule has 2 heterocycles. The van der Waals surface area contributed by atoms with Crippen molar-refractivity contribution in [1.82, 2.24) is 14.4 Å². The summed E-state index contributed by atoms with van der Waals surface area (Å²) in [5.41, 5.74) is 0.757. The predicted octanol–water partition coefficient (Wildman–Crippen LogP) is 1.27. The van der Waals surface area contributed by atoms with Crippen molar-refractivity contribution in [3.8, 4) is 0 Å². The quantitative estimate of drug-likeness (QED) is 0.738. The summed E-state index contributed by atoms with van der Waals surface area (Å²) in [6.07, 6.45) is 3.63. The highest BCUT2D eigenvalue weighted by Crippen LogP contribution is 2.17. The van der Waals surface area contributed by atoms with Gasteiger partial charge in [0, 0.05) is 11.9 Å². The zero-order chi connectivity index (χ0) is 10.3. The molecule has 4 heteroatoms. The average molecular weight is 191 g/mol. The van der Waals surface area contributed by atoms with Gasteiger partial charge in [-0.1, -0.05) is 0 Å². The number of aryl methyl sites for hydroxylation is 1. The van der Waals surface area contributed by atoms with Gasteiger partial charge in [0.25, 0.3) is 0 Å².